The number of rotatable bonds is 10. The number of piperidine rings is 1. The van der Waals surface area contributed by atoms with Crippen molar-refractivity contribution in [3.05, 3.63) is 77.7 Å². The van der Waals surface area contributed by atoms with Crippen LogP contribution in [0.3, 0.4) is 0 Å². The lowest BCUT2D eigenvalue weighted by molar-refractivity contribution is 0.0555. The van der Waals surface area contributed by atoms with Crippen molar-refractivity contribution in [3.8, 4) is 17.2 Å². The van der Waals surface area contributed by atoms with Crippen LogP contribution in [0, 0.1) is 5.92 Å². The highest BCUT2D eigenvalue weighted by atomic mass is 16.5. The third-order valence-electron chi connectivity index (χ3n) is 7.19. The van der Waals surface area contributed by atoms with Gasteiger partial charge < -0.3 is 23.5 Å². The predicted molar refractivity (Wildman–Crippen MR) is 139 cm³/mol. The molecule has 0 radical (unpaired) electrons. The first-order valence-electron chi connectivity index (χ1n) is 12.4. The molecule has 1 fully saturated rings. The van der Waals surface area contributed by atoms with E-state index < -0.39 is 0 Å². The van der Waals surface area contributed by atoms with Crippen LogP contribution in [0.5, 0.6) is 17.2 Å². The van der Waals surface area contributed by atoms with Gasteiger partial charge in [-0.05, 0) is 86.3 Å². The van der Waals surface area contributed by atoms with Crippen molar-refractivity contribution in [3.63, 3.8) is 0 Å². The highest BCUT2D eigenvalue weighted by Crippen LogP contribution is 2.31. The summed E-state index contributed by atoms with van der Waals surface area (Å²) in [5.41, 5.74) is 2.27. The van der Waals surface area contributed by atoms with Crippen LogP contribution in [0.15, 0.2) is 65.3 Å². The molecule has 1 atom stereocenters. The molecule has 1 unspecified atom stereocenters. The molecule has 7 heteroatoms. The molecule has 2 heterocycles. The predicted octanol–water partition coefficient (Wildman–Crippen LogP) is 4.90. The summed E-state index contributed by atoms with van der Waals surface area (Å²) in [5, 5.41) is 0. The smallest absolute Gasteiger partial charge is 0.289 e. The van der Waals surface area contributed by atoms with Crippen LogP contribution in [0.2, 0.25) is 0 Å². The standard InChI is InChI=1S/C29H36N2O5/c1-30(29(32)28-9-6-16-36-28)26(18-21-7-5-8-24(17-21)33-2)22-12-14-31(15-13-22)20-23-19-25(34-3)10-11-27(23)35-4/h5-11,16-17,19,22,26H,12-15,18,20H2,1-4H3. The van der Waals surface area contributed by atoms with E-state index in [4.69, 9.17) is 18.6 Å². The Morgan fingerprint density at radius 3 is 2.42 bits per heavy atom. The van der Waals surface area contributed by atoms with E-state index in [1.165, 1.54) is 0 Å². The van der Waals surface area contributed by atoms with Crippen LogP contribution in [-0.4, -0.2) is 63.2 Å². The molecule has 0 spiro atoms. The SMILES string of the molecule is COc1cccc(CC(C2CCN(Cc3cc(OC)ccc3OC)CC2)N(C)C(=O)c2ccco2)c1. The van der Waals surface area contributed by atoms with Gasteiger partial charge in [0.2, 0.25) is 0 Å². The number of hydrogen-bond acceptors (Lipinski definition) is 6. The second-order valence-corrected chi connectivity index (χ2v) is 9.31. The van der Waals surface area contributed by atoms with Gasteiger partial charge in [0, 0.05) is 25.2 Å². The zero-order valence-electron chi connectivity index (χ0n) is 21.6. The molecular formula is C29H36N2O5. The summed E-state index contributed by atoms with van der Waals surface area (Å²) >= 11 is 0. The average molecular weight is 493 g/mol. The topological polar surface area (TPSA) is 64.4 Å². The van der Waals surface area contributed by atoms with Crippen LogP contribution in [0.25, 0.3) is 0 Å². The zero-order chi connectivity index (χ0) is 25.5. The monoisotopic (exact) mass is 492 g/mol. The molecule has 0 N–H and O–H groups in total. The van der Waals surface area contributed by atoms with Gasteiger partial charge in [0.25, 0.3) is 5.91 Å². The molecule has 0 aliphatic carbocycles. The van der Waals surface area contributed by atoms with Crippen molar-refractivity contribution < 1.29 is 23.4 Å². The number of nitrogens with zero attached hydrogens (tertiary/aromatic N) is 2. The molecule has 7 nitrogen and oxygen atoms in total. The molecule has 0 bridgehead atoms. The third-order valence-corrected chi connectivity index (χ3v) is 7.19. The van der Waals surface area contributed by atoms with Crippen LogP contribution in [0.1, 0.15) is 34.5 Å². The van der Waals surface area contributed by atoms with Crippen molar-refractivity contribution in [2.75, 3.05) is 41.5 Å². The van der Waals surface area contributed by atoms with E-state index in [9.17, 15) is 4.79 Å². The maximum atomic E-state index is 13.2. The summed E-state index contributed by atoms with van der Waals surface area (Å²) in [6.07, 6.45) is 4.30. The summed E-state index contributed by atoms with van der Waals surface area (Å²) in [6, 6.07) is 17.6. The van der Waals surface area contributed by atoms with Gasteiger partial charge in [0.1, 0.15) is 17.2 Å². The lowest BCUT2D eigenvalue weighted by Gasteiger charge is -2.40. The second-order valence-electron chi connectivity index (χ2n) is 9.31. The van der Waals surface area contributed by atoms with Crippen molar-refractivity contribution in [1.29, 1.82) is 0 Å². The number of likely N-dealkylation sites (tertiary alicyclic amines) is 1. The van der Waals surface area contributed by atoms with Gasteiger partial charge in [-0.25, -0.2) is 0 Å². The Balaban J connectivity index is 1.48. The normalized spacial score (nSPS) is 15.3. The van der Waals surface area contributed by atoms with Gasteiger partial charge in [-0.1, -0.05) is 12.1 Å². The number of methoxy groups -OCH3 is 3. The zero-order valence-corrected chi connectivity index (χ0v) is 21.6. The molecule has 3 aromatic rings. The van der Waals surface area contributed by atoms with E-state index in [-0.39, 0.29) is 11.9 Å². The fraction of sp³-hybridized carbons (Fsp3) is 0.414. The summed E-state index contributed by atoms with van der Waals surface area (Å²) < 4.78 is 21.9. The minimum atomic E-state index is -0.0866. The first-order chi connectivity index (χ1) is 17.5. The van der Waals surface area contributed by atoms with Crippen molar-refractivity contribution in [2.45, 2.75) is 31.8 Å². The van der Waals surface area contributed by atoms with Gasteiger partial charge in [-0.15, -0.1) is 0 Å². The van der Waals surface area contributed by atoms with Crippen LogP contribution in [-0.2, 0) is 13.0 Å². The van der Waals surface area contributed by atoms with Crippen LogP contribution in [0.4, 0.5) is 0 Å². The Labute approximate surface area is 213 Å². The fourth-order valence-corrected chi connectivity index (χ4v) is 5.13. The summed E-state index contributed by atoms with van der Waals surface area (Å²) in [5.74, 6) is 3.18. The molecule has 1 aliphatic rings. The summed E-state index contributed by atoms with van der Waals surface area (Å²) in [4.78, 5) is 17.5. The number of furan rings is 1. The minimum Gasteiger partial charge on any atom is -0.497 e. The molecule has 1 aliphatic heterocycles. The molecule has 36 heavy (non-hydrogen) atoms. The second kappa shape index (κ2) is 12.0. The number of carbonyl (C=O) groups is 1. The molecule has 1 amide bonds. The number of carbonyl (C=O) groups excluding carboxylic acids is 1. The Hall–Kier alpha value is -3.45. The maximum Gasteiger partial charge on any atom is 0.289 e. The van der Waals surface area contributed by atoms with E-state index >= 15 is 0 Å². The van der Waals surface area contributed by atoms with Crippen LogP contribution < -0.4 is 14.2 Å². The minimum absolute atomic E-state index is 0.0446. The number of likely N-dealkylation sites (N-methyl/N-ethyl adjacent to an activating group) is 1. The number of amides is 1. The average Bonchev–Trinajstić information content (AvgIpc) is 3.47. The molecule has 0 saturated carbocycles. The van der Waals surface area contributed by atoms with E-state index in [0.717, 1.165) is 67.3 Å². The van der Waals surface area contributed by atoms with Gasteiger partial charge in [-0.2, -0.15) is 0 Å². The molecule has 192 valence electrons. The van der Waals surface area contributed by atoms with Crippen LogP contribution >= 0.6 is 0 Å². The van der Waals surface area contributed by atoms with E-state index in [0.29, 0.717) is 11.7 Å². The van der Waals surface area contributed by atoms with Gasteiger partial charge in [0.05, 0.1) is 27.6 Å². The molecule has 2 aromatic carbocycles. The Kier molecular flexibility index (Phi) is 8.54. The number of hydrogen-bond donors (Lipinski definition) is 0. The molecule has 1 saturated heterocycles. The lowest BCUT2D eigenvalue weighted by Crippen LogP contribution is -2.47. The first-order valence-corrected chi connectivity index (χ1v) is 12.4. The Morgan fingerprint density at radius 2 is 1.75 bits per heavy atom. The number of ether oxygens (including phenoxy) is 3. The van der Waals surface area contributed by atoms with Crippen molar-refractivity contribution in [2.24, 2.45) is 5.92 Å². The number of benzene rings is 2. The van der Waals surface area contributed by atoms with Crippen molar-refractivity contribution >= 4 is 5.91 Å². The fourth-order valence-electron chi connectivity index (χ4n) is 5.13. The van der Waals surface area contributed by atoms with Crippen molar-refractivity contribution in [1.82, 2.24) is 9.80 Å². The van der Waals surface area contributed by atoms with E-state index in [1.54, 1.807) is 39.7 Å². The lowest BCUT2D eigenvalue weighted by atomic mass is 9.84. The summed E-state index contributed by atoms with van der Waals surface area (Å²) in [6.45, 7) is 2.69. The largest absolute Gasteiger partial charge is 0.497 e. The highest BCUT2D eigenvalue weighted by Gasteiger charge is 2.33. The van der Waals surface area contributed by atoms with E-state index in [2.05, 4.69) is 17.0 Å². The third kappa shape index (κ3) is 6.02. The molecular weight excluding hydrogens is 456 g/mol. The molecule has 1 aromatic heterocycles. The summed E-state index contributed by atoms with van der Waals surface area (Å²) in [7, 11) is 6.95. The maximum absolute atomic E-state index is 13.2. The Morgan fingerprint density at radius 1 is 1.00 bits per heavy atom. The van der Waals surface area contributed by atoms with Gasteiger partial charge >= 0.3 is 0 Å². The quantitative estimate of drug-likeness (QED) is 0.401. The van der Waals surface area contributed by atoms with Gasteiger partial charge in [0.15, 0.2) is 5.76 Å². The Bertz CT molecular complexity index is 1120. The molecule has 4 rings (SSSR count). The highest BCUT2D eigenvalue weighted by molar-refractivity contribution is 5.91. The van der Waals surface area contributed by atoms with E-state index in [1.807, 2.05) is 42.3 Å². The first kappa shape index (κ1) is 25.6. The van der Waals surface area contributed by atoms with Gasteiger partial charge in [-0.3, -0.25) is 9.69 Å².